The number of imidazole rings is 1. The second kappa shape index (κ2) is 5.80. The summed E-state index contributed by atoms with van der Waals surface area (Å²) in [6.45, 7) is 1.95. The third-order valence-corrected chi connectivity index (χ3v) is 5.19. The van der Waals surface area contributed by atoms with Crippen LogP contribution in [0.2, 0.25) is 0 Å². The van der Waals surface area contributed by atoms with Crippen molar-refractivity contribution in [2.75, 3.05) is 14.2 Å². The summed E-state index contributed by atoms with van der Waals surface area (Å²) < 4.78 is 26.9. The van der Waals surface area contributed by atoms with Gasteiger partial charge in [0.25, 0.3) is 6.01 Å². The van der Waals surface area contributed by atoms with E-state index in [0.29, 0.717) is 12.1 Å². The third-order valence-electron chi connectivity index (χ3n) is 5.19. The molecule has 0 spiro atoms. The molecule has 0 unspecified atom stereocenters. The zero-order valence-electron chi connectivity index (χ0n) is 14.4. The van der Waals surface area contributed by atoms with Gasteiger partial charge in [-0.05, 0) is 62.1 Å². The summed E-state index contributed by atoms with van der Waals surface area (Å²) in [5.41, 5.74) is 2.49. The van der Waals surface area contributed by atoms with Crippen molar-refractivity contribution in [3.05, 3.63) is 29.7 Å². The van der Waals surface area contributed by atoms with E-state index in [9.17, 15) is 4.39 Å². The topological polar surface area (TPSA) is 36.3 Å². The molecule has 1 heterocycles. The molecule has 2 saturated carbocycles. The Balaban J connectivity index is 1.75. The number of ether oxygens (including phenoxy) is 2. The van der Waals surface area contributed by atoms with Gasteiger partial charge in [-0.1, -0.05) is 0 Å². The zero-order valence-corrected chi connectivity index (χ0v) is 14.4. The maximum Gasteiger partial charge on any atom is 0.296 e. The highest BCUT2D eigenvalue weighted by Gasteiger charge is 2.43. The quantitative estimate of drug-likeness (QED) is 0.789. The molecule has 2 fully saturated rings. The highest BCUT2D eigenvalue weighted by Crippen LogP contribution is 2.53. The first-order valence-electron chi connectivity index (χ1n) is 8.59. The molecule has 24 heavy (non-hydrogen) atoms. The van der Waals surface area contributed by atoms with Crippen molar-refractivity contribution in [1.29, 1.82) is 0 Å². The average molecular weight is 330 g/mol. The average Bonchev–Trinajstić information content (AvgIpc) is 3.49. The minimum absolute atomic E-state index is 0.261. The van der Waals surface area contributed by atoms with Crippen molar-refractivity contribution >= 4 is 0 Å². The predicted molar refractivity (Wildman–Crippen MR) is 89.9 cm³/mol. The van der Waals surface area contributed by atoms with Gasteiger partial charge in [0.1, 0.15) is 0 Å². The van der Waals surface area contributed by atoms with Gasteiger partial charge in [0.15, 0.2) is 11.6 Å². The van der Waals surface area contributed by atoms with Gasteiger partial charge in [-0.15, -0.1) is 0 Å². The second-order valence-electron chi connectivity index (χ2n) is 6.99. The van der Waals surface area contributed by atoms with E-state index < -0.39 is 0 Å². The molecule has 0 N–H and O–H groups in total. The second-order valence-corrected chi connectivity index (χ2v) is 6.99. The van der Waals surface area contributed by atoms with E-state index in [1.807, 2.05) is 13.1 Å². The highest BCUT2D eigenvalue weighted by atomic mass is 19.1. The van der Waals surface area contributed by atoms with Gasteiger partial charge in [0, 0.05) is 17.8 Å². The lowest BCUT2D eigenvalue weighted by molar-refractivity contribution is 0.305. The maximum absolute atomic E-state index is 14.1. The van der Waals surface area contributed by atoms with Gasteiger partial charge in [0.2, 0.25) is 0 Å². The number of aryl methyl sites for hydroxylation is 1. The van der Waals surface area contributed by atoms with Crippen LogP contribution in [0.25, 0.3) is 11.3 Å². The van der Waals surface area contributed by atoms with Crippen LogP contribution in [-0.4, -0.2) is 23.8 Å². The number of nitrogens with zero attached hydrogens (tertiary/aromatic N) is 2. The van der Waals surface area contributed by atoms with Crippen LogP contribution >= 0.6 is 0 Å². The number of aromatic nitrogens is 2. The van der Waals surface area contributed by atoms with Crippen molar-refractivity contribution in [2.45, 2.75) is 38.6 Å². The van der Waals surface area contributed by atoms with E-state index in [-0.39, 0.29) is 11.6 Å². The van der Waals surface area contributed by atoms with Crippen LogP contribution in [-0.2, 0) is 0 Å². The van der Waals surface area contributed by atoms with Crippen LogP contribution in [0.15, 0.2) is 18.3 Å². The Labute approximate surface area is 141 Å². The molecule has 1 aromatic carbocycles. The van der Waals surface area contributed by atoms with Crippen molar-refractivity contribution in [2.24, 2.45) is 11.8 Å². The molecule has 0 radical (unpaired) electrons. The Hall–Kier alpha value is -2.04. The number of hydrogen-bond acceptors (Lipinski definition) is 3. The molecular weight excluding hydrogens is 307 g/mol. The Kier molecular flexibility index (Phi) is 3.74. The van der Waals surface area contributed by atoms with Crippen molar-refractivity contribution < 1.29 is 13.9 Å². The fourth-order valence-corrected chi connectivity index (χ4v) is 3.67. The smallest absolute Gasteiger partial charge is 0.296 e. The van der Waals surface area contributed by atoms with Crippen LogP contribution in [0.4, 0.5) is 4.39 Å². The Bertz CT molecular complexity index is 751. The Morgan fingerprint density at radius 2 is 1.79 bits per heavy atom. The fourth-order valence-electron chi connectivity index (χ4n) is 3.67. The molecule has 2 aliphatic rings. The van der Waals surface area contributed by atoms with Crippen LogP contribution in [0.5, 0.6) is 11.8 Å². The maximum atomic E-state index is 14.1. The summed E-state index contributed by atoms with van der Waals surface area (Å²) in [6.07, 6.45) is 7.18. The zero-order chi connectivity index (χ0) is 16.8. The molecule has 5 heteroatoms. The molecule has 2 aliphatic carbocycles. The summed E-state index contributed by atoms with van der Waals surface area (Å²) in [4.78, 5) is 4.63. The molecule has 1 aromatic heterocycles. The fraction of sp³-hybridized carbons (Fsp3) is 0.526. The number of benzene rings is 1. The summed E-state index contributed by atoms with van der Waals surface area (Å²) in [7, 11) is 3.13. The van der Waals surface area contributed by atoms with Crippen molar-refractivity contribution in [1.82, 2.24) is 9.55 Å². The first kappa shape index (κ1) is 15.5. The van der Waals surface area contributed by atoms with Gasteiger partial charge in [0.05, 0.1) is 19.9 Å². The predicted octanol–water partition coefficient (Wildman–Crippen LogP) is 4.38. The lowest BCUT2D eigenvalue weighted by Gasteiger charge is -2.18. The first-order chi connectivity index (χ1) is 11.6. The van der Waals surface area contributed by atoms with Crippen LogP contribution in [0.3, 0.4) is 0 Å². The monoisotopic (exact) mass is 330 g/mol. The van der Waals surface area contributed by atoms with Crippen molar-refractivity contribution in [3.8, 4) is 23.0 Å². The number of hydrogen-bond donors (Lipinski definition) is 0. The number of halogens is 1. The third kappa shape index (κ3) is 2.66. The molecule has 0 atom stereocenters. The summed E-state index contributed by atoms with van der Waals surface area (Å²) in [5, 5.41) is 0. The summed E-state index contributed by atoms with van der Waals surface area (Å²) in [5.74, 6) is 1.37. The lowest BCUT2D eigenvalue weighted by atomic mass is 10.0. The minimum atomic E-state index is -0.368. The molecule has 0 aliphatic heterocycles. The standard InChI is InChI=1S/C19H23FN2O2/c1-11-8-17(23-2)15(20)9-14(11)16-10-22(19(21-16)24-3)18(12-4-5-12)13-6-7-13/h8-10,12-13,18H,4-7H2,1-3H3. The van der Waals surface area contributed by atoms with Gasteiger partial charge >= 0.3 is 0 Å². The molecule has 0 bridgehead atoms. The van der Waals surface area contributed by atoms with Crippen LogP contribution < -0.4 is 9.47 Å². The Morgan fingerprint density at radius 3 is 2.33 bits per heavy atom. The molecule has 0 saturated heterocycles. The van der Waals surface area contributed by atoms with Crippen molar-refractivity contribution in [3.63, 3.8) is 0 Å². The van der Waals surface area contributed by atoms with E-state index in [4.69, 9.17) is 9.47 Å². The number of rotatable bonds is 6. The van der Waals surface area contributed by atoms with Gasteiger partial charge in [-0.3, -0.25) is 4.57 Å². The largest absolute Gasteiger partial charge is 0.494 e. The summed E-state index contributed by atoms with van der Waals surface area (Å²) >= 11 is 0. The molecule has 128 valence electrons. The van der Waals surface area contributed by atoms with E-state index in [1.54, 1.807) is 13.2 Å². The molecule has 4 rings (SSSR count). The van der Waals surface area contributed by atoms with Gasteiger partial charge < -0.3 is 9.47 Å². The molecule has 2 aromatic rings. The highest BCUT2D eigenvalue weighted by molar-refractivity contribution is 5.65. The first-order valence-corrected chi connectivity index (χ1v) is 8.59. The van der Waals surface area contributed by atoms with Gasteiger partial charge in [-0.25, -0.2) is 4.39 Å². The van der Waals surface area contributed by atoms with Gasteiger partial charge in [-0.2, -0.15) is 4.98 Å². The van der Waals surface area contributed by atoms with Crippen LogP contribution in [0, 0.1) is 24.6 Å². The van der Waals surface area contributed by atoms with E-state index in [0.717, 1.165) is 28.7 Å². The normalized spacial score (nSPS) is 17.4. The lowest BCUT2D eigenvalue weighted by Crippen LogP contribution is -2.13. The Morgan fingerprint density at radius 1 is 1.12 bits per heavy atom. The van der Waals surface area contributed by atoms with E-state index in [1.165, 1.54) is 38.9 Å². The SMILES string of the molecule is COc1cc(C)c(-c2cn(C(C3CC3)C3CC3)c(OC)n2)cc1F. The molecule has 4 nitrogen and oxygen atoms in total. The van der Waals surface area contributed by atoms with E-state index in [2.05, 4.69) is 9.55 Å². The van der Waals surface area contributed by atoms with E-state index >= 15 is 0 Å². The minimum Gasteiger partial charge on any atom is -0.494 e. The number of methoxy groups -OCH3 is 2. The summed E-state index contributed by atoms with van der Waals surface area (Å²) in [6, 6.07) is 4.33. The molecular formula is C19H23FN2O2. The molecule has 0 amide bonds. The van der Waals surface area contributed by atoms with Crippen LogP contribution in [0.1, 0.15) is 37.3 Å².